The topological polar surface area (TPSA) is 67.2 Å². The highest BCUT2D eigenvalue weighted by atomic mass is 16.2. The number of allylic oxidation sites excluding steroid dienone is 1. The fourth-order valence-corrected chi connectivity index (χ4v) is 7.24. The van der Waals surface area contributed by atoms with Gasteiger partial charge in [0, 0.05) is 54.8 Å². The normalized spacial score (nSPS) is 15.9. The van der Waals surface area contributed by atoms with Crippen molar-refractivity contribution in [1.29, 1.82) is 0 Å². The van der Waals surface area contributed by atoms with E-state index in [1.807, 2.05) is 36.2 Å². The number of hydrogen-bond acceptors (Lipinski definition) is 5. The fourth-order valence-electron chi connectivity index (χ4n) is 7.24. The van der Waals surface area contributed by atoms with E-state index in [0.717, 1.165) is 79.1 Å². The van der Waals surface area contributed by atoms with Gasteiger partial charge in [0.2, 0.25) is 0 Å². The molecule has 7 heteroatoms. The number of fused-ring (bicyclic) bond motifs is 1. The van der Waals surface area contributed by atoms with Crippen LogP contribution in [0.15, 0.2) is 104 Å². The van der Waals surface area contributed by atoms with Crippen molar-refractivity contribution in [2.45, 2.75) is 71.4 Å². The number of rotatable bonds is 11. The third-order valence-corrected chi connectivity index (χ3v) is 10.0. The van der Waals surface area contributed by atoms with Crippen LogP contribution < -0.4 is 0 Å². The number of aromatic nitrogens is 4. The van der Waals surface area contributed by atoms with Crippen LogP contribution in [0.3, 0.4) is 0 Å². The summed E-state index contributed by atoms with van der Waals surface area (Å²) >= 11 is 0. The molecular formula is C42H46N6O. The first-order valence-corrected chi connectivity index (χ1v) is 17.8. The number of amides is 1. The molecule has 7 rings (SSSR count). The van der Waals surface area contributed by atoms with E-state index in [-0.39, 0.29) is 11.9 Å². The van der Waals surface area contributed by atoms with Gasteiger partial charge in [-0.2, -0.15) is 0 Å². The van der Waals surface area contributed by atoms with E-state index in [9.17, 15) is 4.79 Å². The van der Waals surface area contributed by atoms with Gasteiger partial charge in [-0.05, 0) is 94.1 Å². The quantitative estimate of drug-likeness (QED) is 0.144. The zero-order valence-electron chi connectivity index (χ0n) is 28.8. The lowest BCUT2D eigenvalue weighted by molar-refractivity contribution is 0.0771. The maximum atomic E-state index is 14.0. The van der Waals surface area contributed by atoms with Crippen LogP contribution in [0.1, 0.15) is 82.8 Å². The highest BCUT2D eigenvalue weighted by Gasteiger charge is 2.26. The average molecular weight is 651 g/mol. The number of carbonyl (C=O) groups is 1. The van der Waals surface area contributed by atoms with E-state index in [1.165, 1.54) is 29.5 Å². The van der Waals surface area contributed by atoms with Gasteiger partial charge in [0.05, 0.1) is 17.4 Å². The van der Waals surface area contributed by atoms with Gasteiger partial charge in [0.1, 0.15) is 11.3 Å². The van der Waals surface area contributed by atoms with Gasteiger partial charge < -0.3 is 9.47 Å². The van der Waals surface area contributed by atoms with Crippen LogP contribution in [0.5, 0.6) is 0 Å². The molecule has 1 aliphatic heterocycles. The molecule has 0 bridgehead atoms. The van der Waals surface area contributed by atoms with E-state index < -0.39 is 0 Å². The Hall–Kier alpha value is -4.88. The van der Waals surface area contributed by atoms with Crippen molar-refractivity contribution in [3.63, 3.8) is 0 Å². The first-order valence-electron chi connectivity index (χ1n) is 17.8. The number of nitrogens with zero attached hydrogens (tertiary/aromatic N) is 6. The SMILES string of the molecule is Cc1ccc(C(=CCN2CCCC2)c2cccc(CC=CN(C(=O)c3ccc(Cn4c(C)nc5cnccc54)cc3)C3CCCC3)n2)cc1. The number of imidazole rings is 1. The molecule has 1 amide bonds. The van der Waals surface area contributed by atoms with Gasteiger partial charge in [0.25, 0.3) is 5.91 Å². The van der Waals surface area contributed by atoms with Crippen LogP contribution in [-0.2, 0) is 13.0 Å². The van der Waals surface area contributed by atoms with E-state index in [1.54, 1.807) is 12.4 Å². The Morgan fingerprint density at radius 1 is 0.878 bits per heavy atom. The maximum Gasteiger partial charge on any atom is 0.258 e. The molecular weight excluding hydrogens is 605 g/mol. The molecule has 2 aromatic carbocycles. The van der Waals surface area contributed by atoms with Gasteiger partial charge in [-0.1, -0.05) is 73.0 Å². The number of hydrogen-bond donors (Lipinski definition) is 0. The Morgan fingerprint density at radius 2 is 1.63 bits per heavy atom. The molecule has 0 unspecified atom stereocenters. The Morgan fingerprint density at radius 3 is 2.41 bits per heavy atom. The summed E-state index contributed by atoms with van der Waals surface area (Å²) in [4.78, 5) is 32.4. The molecule has 0 N–H and O–H groups in total. The summed E-state index contributed by atoms with van der Waals surface area (Å²) in [5.41, 5.74) is 9.41. The van der Waals surface area contributed by atoms with Crippen molar-refractivity contribution in [2.24, 2.45) is 0 Å². The van der Waals surface area contributed by atoms with E-state index >= 15 is 0 Å². The van der Waals surface area contributed by atoms with E-state index in [4.69, 9.17) is 4.98 Å². The third kappa shape index (κ3) is 7.73. The predicted octanol–water partition coefficient (Wildman–Crippen LogP) is 8.16. The highest BCUT2D eigenvalue weighted by molar-refractivity contribution is 5.95. The molecule has 0 atom stereocenters. The maximum absolute atomic E-state index is 14.0. The van der Waals surface area contributed by atoms with Gasteiger partial charge in [0.15, 0.2) is 0 Å². The molecule has 1 saturated carbocycles. The van der Waals surface area contributed by atoms with Gasteiger partial charge >= 0.3 is 0 Å². The largest absolute Gasteiger partial charge is 0.324 e. The molecule has 7 nitrogen and oxygen atoms in total. The van der Waals surface area contributed by atoms with Crippen molar-refractivity contribution in [3.8, 4) is 0 Å². The second-order valence-electron chi connectivity index (χ2n) is 13.6. The monoisotopic (exact) mass is 650 g/mol. The number of aryl methyl sites for hydroxylation is 2. The standard InChI is InChI=1S/C42H46N6O/c1-31-14-18-34(19-15-31)38(23-28-46-25-5-6-26-46)39-13-7-9-36(45-39)10-8-27-47(37-11-3-4-12-37)42(49)35-20-16-33(17-21-35)30-48-32(2)44-40-29-43-24-22-41(40)48/h7-9,13-24,27,29,37H,3-6,10-12,25-26,28,30H2,1-2H3. The molecule has 49 heavy (non-hydrogen) atoms. The second kappa shape index (κ2) is 15.1. The van der Waals surface area contributed by atoms with Gasteiger partial charge in [-0.3, -0.25) is 19.7 Å². The Balaban J connectivity index is 1.07. The van der Waals surface area contributed by atoms with Gasteiger partial charge in [-0.15, -0.1) is 0 Å². The second-order valence-corrected chi connectivity index (χ2v) is 13.6. The molecule has 4 heterocycles. The first-order chi connectivity index (χ1) is 24.0. The number of carbonyl (C=O) groups excluding carboxylic acids is 1. The summed E-state index contributed by atoms with van der Waals surface area (Å²) in [6.07, 6.45) is 17.7. The molecule has 2 aliphatic rings. The molecule has 0 radical (unpaired) electrons. The zero-order valence-corrected chi connectivity index (χ0v) is 28.8. The third-order valence-electron chi connectivity index (χ3n) is 10.0. The minimum atomic E-state index is 0.0539. The highest BCUT2D eigenvalue weighted by Crippen LogP contribution is 2.27. The van der Waals surface area contributed by atoms with Crippen molar-refractivity contribution < 1.29 is 4.79 Å². The molecule has 2 fully saturated rings. The van der Waals surface area contributed by atoms with Crippen LogP contribution in [-0.4, -0.2) is 60.9 Å². The Kier molecular flexibility index (Phi) is 10.1. The smallest absolute Gasteiger partial charge is 0.258 e. The summed E-state index contributed by atoms with van der Waals surface area (Å²) < 4.78 is 2.19. The summed E-state index contributed by atoms with van der Waals surface area (Å²) in [5, 5.41) is 0. The molecule has 0 spiro atoms. The lowest BCUT2D eigenvalue weighted by Crippen LogP contribution is -2.34. The molecule has 3 aromatic heterocycles. The van der Waals surface area contributed by atoms with E-state index in [0.29, 0.717) is 18.5 Å². The van der Waals surface area contributed by atoms with Crippen LogP contribution in [0, 0.1) is 13.8 Å². The molecule has 1 aliphatic carbocycles. The minimum absolute atomic E-state index is 0.0539. The minimum Gasteiger partial charge on any atom is -0.324 e. The van der Waals surface area contributed by atoms with Crippen LogP contribution in [0.4, 0.5) is 0 Å². The van der Waals surface area contributed by atoms with Crippen molar-refractivity contribution >= 4 is 22.5 Å². The first kappa shape index (κ1) is 32.7. The predicted molar refractivity (Wildman–Crippen MR) is 197 cm³/mol. The Labute approximate surface area is 290 Å². The van der Waals surface area contributed by atoms with Crippen LogP contribution >= 0.6 is 0 Å². The van der Waals surface area contributed by atoms with E-state index in [2.05, 4.69) is 93.1 Å². The zero-order chi connectivity index (χ0) is 33.6. The summed E-state index contributed by atoms with van der Waals surface area (Å²) in [7, 11) is 0. The molecule has 1 saturated heterocycles. The number of pyridine rings is 2. The Bertz CT molecular complexity index is 1940. The summed E-state index contributed by atoms with van der Waals surface area (Å²) in [6.45, 7) is 8.10. The van der Waals surface area contributed by atoms with Crippen molar-refractivity contribution in [2.75, 3.05) is 19.6 Å². The fraction of sp³-hybridized carbons (Fsp3) is 0.333. The number of benzene rings is 2. The number of likely N-dealkylation sites (tertiary alicyclic amines) is 1. The average Bonchev–Trinajstić information content (AvgIpc) is 3.91. The van der Waals surface area contributed by atoms with Crippen LogP contribution in [0.2, 0.25) is 0 Å². The lowest BCUT2D eigenvalue weighted by atomic mass is 10.00. The lowest BCUT2D eigenvalue weighted by Gasteiger charge is -2.25. The van der Waals surface area contributed by atoms with Crippen LogP contribution in [0.25, 0.3) is 16.6 Å². The molecule has 250 valence electrons. The van der Waals surface area contributed by atoms with Crippen molar-refractivity contribution in [3.05, 3.63) is 143 Å². The molecule has 5 aromatic rings. The van der Waals surface area contributed by atoms with Crippen molar-refractivity contribution in [1.82, 2.24) is 29.3 Å². The van der Waals surface area contributed by atoms with Gasteiger partial charge in [-0.25, -0.2) is 4.98 Å². The summed E-state index contributed by atoms with van der Waals surface area (Å²) in [6, 6.07) is 25.4. The summed E-state index contributed by atoms with van der Waals surface area (Å²) in [5.74, 6) is 1.00.